The van der Waals surface area contributed by atoms with E-state index >= 15 is 0 Å². The average Bonchev–Trinajstić information content (AvgIpc) is 3.71. The first-order valence-electron chi connectivity index (χ1n) is 18.7. The number of likely N-dealkylation sites (tertiary alicyclic amines) is 1. The number of amides is 4. The largest absolute Gasteiger partial charge is 0.344 e. The summed E-state index contributed by atoms with van der Waals surface area (Å²) in [4.78, 5) is 91.8. The van der Waals surface area contributed by atoms with Gasteiger partial charge in [0.15, 0.2) is 0 Å². The number of ketones is 2. The highest BCUT2D eigenvalue weighted by Gasteiger charge is 2.52. The lowest BCUT2D eigenvalue weighted by molar-refractivity contribution is -0.146. The molecule has 5 rings (SSSR count). The third kappa shape index (κ3) is 9.13. The number of carbonyl (C=O) groups is 6. The van der Waals surface area contributed by atoms with Gasteiger partial charge in [-0.05, 0) is 68.1 Å². The lowest BCUT2D eigenvalue weighted by atomic mass is 9.82. The van der Waals surface area contributed by atoms with Crippen LogP contribution in [-0.2, 0) is 24.0 Å². The van der Waals surface area contributed by atoms with Crippen molar-refractivity contribution < 1.29 is 28.8 Å². The molecule has 6 unspecified atom stereocenters. The quantitative estimate of drug-likeness (QED) is 0.201. The standard InChI is InChI=1S/C37H55N7O6/c1-5-10-26(31(46)28(45)20-40-24-15-16-24)41-35(49)30-25-14-9-13-23(25)21-44(30)36(50)32(37(2,3)4)43-34(48)29(22-11-7-6-8-12-22)42-33(47)27-19-38-17-18-39-27/h17-19,22-26,29-30,32,40H,5-16,20-21H2,1-4H3,(H,41,49)(H,42,47)(H,43,48). The topological polar surface area (TPSA) is 180 Å². The number of Topliss-reactive ketones (excluding diaryl/α,β-unsaturated/α-hetero) is 2. The average molecular weight is 694 g/mol. The highest BCUT2D eigenvalue weighted by Crippen LogP contribution is 2.43. The maximum absolute atomic E-state index is 14.6. The minimum absolute atomic E-state index is 0.0493. The van der Waals surface area contributed by atoms with Gasteiger partial charge in [0.1, 0.15) is 23.8 Å². The molecule has 3 saturated carbocycles. The Kier molecular flexibility index (Phi) is 12.4. The minimum Gasteiger partial charge on any atom is -0.344 e. The minimum atomic E-state index is -0.994. The van der Waals surface area contributed by atoms with Gasteiger partial charge in [0, 0.05) is 25.0 Å². The van der Waals surface area contributed by atoms with Crippen molar-refractivity contribution in [3.05, 3.63) is 24.3 Å². The van der Waals surface area contributed by atoms with Crippen molar-refractivity contribution in [3.8, 4) is 0 Å². The maximum atomic E-state index is 14.6. The van der Waals surface area contributed by atoms with E-state index < -0.39 is 58.9 Å². The van der Waals surface area contributed by atoms with E-state index in [4.69, 9.17) is 0 Å². The van der Waals surface area contributed by atoms with Gasteiger partial charge >= 0.3 is 0 Å². The van der Waals surface area contributed by atoms with Crippen LogP contribution in [0, 0.1) is 23.2 Å². The van der Waals surface area contributed by atoms with Gasteiger partial charge in [-0.3, -0.25) is 33.8 Å². The van der Waals surface area contributed by atoms with Crippen LogP contribution in [0.4, 0.5) is 0 Å². The van der Waals surface area contributed by atoms with E-state index in [9.17, 15) is 28.8 Å². The molecular weight excluding hydrogens is 638 g/mol. The fourth-order valence-corrected chi connectivity index (χ4v) is 8.03. The van der Waals surface area contributed by atoms with Crippen LogP contribution in [0.1, 0.15) is 115 Å². The van der Waals surface area contributed by atoms with Crippen LogP contribution in [0.25, 0.3) is 0 Å². The van der Waals surface area contributed by atoms with Gasteiger partial charge in [-0.2, -0.15) is 0 Å². The third-order valence-electron chi connectivity index (χ3n) is 10.9. The second-order valence-corrected chi connectivity index (χ2v) is 15.8. The molecule has 1 aliphatic heterocycles. The van der Waals surface area contributed by atoms with Crippen LogP contribution in [0.15, 0.2) is 18.6 Å². The van der Waals surface area contributed by atoms with E-state index in [2.05, 4.69) is 31.2 Å². The van der Waals surface area contributed by atoms with Gasteiger partial charge < -0.3 is 26.2 Å². The lowest BCUT2D eigenvalue weighted by Crippen LogP contribution is -2.62. The molecular formula is C37H55N7O6. The van der Waals surface area contributed by atoms with Gasteiger partial charge in [-0.25, -0.2) is 4.98 Å². The summed E-state index contributed by atoms with van der Waals surface area (Å²) in [5, 5.41) is 11.9. The van der Waals surface area contributed by atoms with Crippen LogP contribution < -0.4 is 21.3 Å². The Morgan fingerprint density at radius 2 is 1.64 bits per heavy atom. The van der Waals surface area contributed by atoms with E-state index in [0.29, 0.717) is 19.4 Å². The van der Waals surface area contributed by atoms with Crippen molar-refractivity contribution in [2.45, 2.75) is 135 Å². The molecule has 1 aromatic heterocycles. The second kappa shape index (κ2) is 16.5. The molecule has 3 aliphatic carbocycles. The molecule has 13 nitrogen and oxygen atoms in total. The fourth-order valence-electron chi connectivity index (χ4n) is 8.03. The molecule has 13 heteroatoms. The van der Waals surface area contributed by atoms with Crippen LogP contribution in [0.2, 0.25) is 0 Å². The monoisotopic (exact) mass is 693 g/mol. The predicted octanol–water partition coefficient (Wildman–Crippen LogP) is 2.49. The van der Waals surface area contributed by atoms with Crippen molar-refractivity contribution in [2.75, 3.05) is 13.1 Å². The predicted molar refractivity (Wildman–Crippen MR) is 185 cm³/mol. The zero-order valence-electron chi connectivity index (χ0n) is 30.0. The maximum Gasteiger partial charge on any atom is 0.272 e. The first kappa shape index (κ1) is 37.5. The number of hydrogen-bond acceptors (Lipinski definition) is 9. The SMILES string of the molecule is CCCC(NC(=O)C1C2CCCC2CN1C(=O)C(NC(=O)C(NC(=O)c1cnccn1)C1CCCCC1)C(C)(C)C)C(=O)C(=O)CNC1CC1. The van der Waals surface area contributed by atoms with Gasteiger partial charge in [-0.1, -0.05) is 59.8 Å². The van der Waals surface area contributed by atoms with Crippen molar-refractivity contribution in [3.63, 3.8) is 0 Å². The van der Waals surface area contributed by atoms with Crippen LogP contribution in [0.5, 0.6) is 0 Å². The Bertz CT molecular complexity index is 1400. The number of aromatic nitrogens is 2. The van der Waals surface area contributed by atoms with Gasteiger partial charge in [-0.15, -0.1) is 0 Å². The van der Waals surface area contributed by atoms with E-state index in [0.717, 1.165) is 64.2 Å². The fraction of sp³-hybridized carbons (Fsp3) is 0.730. The molecule has 0 spiro atoms. The van der Waals surface area contributed by atoms with Crippen LogP contribution >= 0.6 is 0 Å². The number of fused-ring (bicyclic) bond motifs is 1. The van der Waals surface area contributed by atoms with E-state index in [1.807, 2.05) is 27.7 Å². The summed E-state index contributed by atoms with van der Waals surface area (Å²) in [7, 11) is 0. The zero-order valence-corrected chi connectivity index (χ0v) is 30.0. The first-order valence-corrected chi connectivity index (χ1v) is 18.7. The number of rotatable bonds is 15. The summed E-state index contributed by atoms with van der Waals surface area (Å²) in [5.41, 5.74) is -0.637. The number of nitrogens with zero attached hydrogens (tertiary/aromatic N) is 3. The number of carbonyl (C=O) groups excluding carboxylic acids is 6. The Morgan fingerprint density at radius 3 is 2.28 bits per heavy atom. The van der Waals surface area contributed by atoms with Crippen LogP contribution in [0.3, 0.4) is 0 Å². The number of hydrogen-bond donors (Lipinski definition) is 4. The summed E-state index contributed by atoms with van der Waals surface area (Å²) in [6, 6.07) is -3.40. The molecule has 2 heterocycles. The summed E-state index contributed by atoms with van der Waals surface area (Å²) in [6.45, 7) is 7.82. The molecule has 0 radical (unpaired) electrons. The van der Waals surface area contributed by atoms with E-state index in [-0.39, 0.29) is 41.9 Å². The van der Waals surface area contributed by atoms with Crippen molar-refractivity contribution in [1.29, 1.82) is 0 Å². The molecule has 4 amide bonds. The normalized spacial score (nSPS) is 24.1. The Labute approximate surface area is 295 Å². The second-order valence-electron chi connectivity index (χ2n) is 15.8. The van der Waals surface area contributed by atoms with Gasteiger partial charge in [0.25, 0.3) is 5.91 Å². The van der Waals surface area contributed by atoms with Gasteiger partial charge in [0.05, 0.1) is 18.8 Å². The van der Waals surface area contributed by atoms with Crippen molar-refractivity contribution >= 4 is 35.2 Å². The van der Waals surface area contributed by atoms with Crippen LogP contribution in [-0.4, -0.2) is 93.4 Å². The highest BCUT2D eigenvalue weighted by atomic mass is 16.2. The summed E-state index contributed by atoms with van der Waals surface area (Å²) >= 11 is 0. The summed E-state index contributed by atoms with van der Waals surface area (Å²) < 4.78 is 0. The summed E-state index contributed by atoms with van der Waals surface area (Å²) in [5.74, 6) is -3.01. The smallest absolute Gasteiger partial charge is 0.272 e. The molecule has 6 atom stereocenters. The molecule has 0 aromatic carbocycles. The summed E-state index contributed by atoms with van der Waals surface area (Å²) in [6.07, 6.45) is 14.2. The Hall–Kier alpha value is -3.74. The molecule has 50 heavy (non-hydrogen) atoms. The lowest BCUT2D eigenvalue weighted by Gasteiger charge is -2.38. The highest BCUT2D eigenvalue weighted by molar-refractivity contribution is 6.40. The molecule has 1 saturated heterocycles. The third-order valence-corrected chi connectivity index (χ3v) is 10.9. The molecule has 274 valence electrons. The molecule has 4 fully saturated rings. The number of nitrogens with one attached hydrogen (secondary N) is 4. The van der Waals surface area contributed by atoms with E-state index in [1.54, 1.807) is 4.90 Å². The Balaban J connectivity index is 1.34. The Morgan fingerprint density at radius 1 is 0.900 bits per heavy atom. The molecule has 0 bridgehead atoms. The molecule has 4 N–H and O–H groups in total. The molecule has 1 aromatic rings. The van der Waals surface area contributed by atoms with Crippen molar-refractivity contribution in [1.82, 2.24) is 36.1 Å². The first-order chi connectivity index (χ1) is 23.9. The molecule has 4 aliphatic rings. The van der Waals surface area contributed by atoms with Crippen molar-refractivity contribution in [2.24, 2.45) is 23.2 Å². The van der Waals surface area contributed by atoms with Gasteiger partial charge in [0.2, 0.25) is 29.3 Å². The zero-order chi connectivity index (χ0) is 36.0. The van der Waals surface area contributed by atoms with E-state index in [1.165, 1.54) is 18.6 Å².